The Labute approximate surface area is 109 Å². The van der Waals surface area contributed by atoms with E-state index in [2.05, 4.69) is 0 Å². The third kappa shape index (κ3) is 2.23. The van der Waals surface area contributed by atoms with Crippen molar-refractivity contribution in [2.75, 3.05) is 0 Å². The molecule has 1 aromatic heterocycles. The lowest BCUT2D eigenvalue weighted by molar-refractivity contribution is 0.0996. The van der Waals surface area contributed by atoms with Gasteiger partial charge in [-0.15, -0.1) is 11.3 Å². The normalized spacial score (nSPS) is 13.6. The Kier molecular flexibility index (Phi) is 3.00. The average molecular weight is 260 g/mol. The van der Waals surface area contributed by atoms with Gasteiger partial charge in [0, 0.05) is 11.3 Å². The monoisotopic (exact) mass is 260 g/mol. The molecule has 2 aromatic rings. The molecule has 0 saturated heterocycles. The van der Waals surface area contributed by atoms with E-state index < -0.39 is 0 Å². The van der Waals surface area contributed by atoms with Crippen molar-refractivity contribution in [3.05, 3.63) is 57.0 Å². The highest BCUT2D eigenvalue weighted by atomic mass is 32.1. The summed E-state index contributed by atoms with van der Waals surface area (Å²) in [5.74, 6) is -0.123. The van der Waals surface area contributed by atoms with Gasteiger partial charge in [-0.1, -0.05) is 12.1 Å². The lowest BCUT2D eigenvalue weighted by Gasteiger charge is -1.99. The van der Waals surface area contributed by atoms with E-state index in [4.69, 9.17) is 0 Å². The van der Waals surface area contributed by atoms with E-state index in [-0.39, 0.29) is 11.6 Å². The summed E-state index contributed by atoms with van der Waals surface area (Å²) in [6.07, 6.45) is 3.80. The summed E-state index contributed by atoms with van der Waals surface area (Å²) in [4.78, 5) is 14.3. The molecule has 3 heteroatoms. The van der Waals surface area contributed by atoms with Crippen LogP contribution in [0, 0.1) is 5.82 Å². The molecule has 1 nitrogen and oxygen atoms in total. The van der Waals surface area contributed by atoms with Crippen LogP contribution in [0.3, 0.4) is 0 Å². The number of benzene rings is 1. The van der Waals surface area contributed by atoms with E-state index >= 15 is 0 Å². The highest BCUT2D eigenvalue weighted by molar-refractivity contribution is 7.14. The Hall–Kier alpha value is -1.48. The summed E-state index contributed by atoms with van der Waals surface area (Å²) in [5.41, 5.74) is 2.22. The first kappa shape index (κ1) is 11.6. The minimum absolute atomic E-state index is 0.140. The van der Waals surface area contributed by atoms with Crippen LogP contribution < -0.4 is 0 Å². The SMILES string of the molecule is O=C(Cc1ccc(F)cc1)c1cc2c(s1)CCC2. The van der Waals surface area contributed by atoms with E-state index in [1.54, 1.807) is 23.5 Å². The van der Waals surface area contributed by atoms with Gasteiger partial charge in [-0.25, -0.2) is 4.39 Å². The lowest BCUT2D eigenvalue weighted by Crippen LogP contribution is -2.01. The van der Waals surface area contributed by atoms with Crippen LogP contribution in [0.4, 0.5) is 4.39 Å². The molecule has 0 amide bonds. The number of hydrogen-bond acceptors (Lipinski definition) is 2. The molecule has 0 spiro atoms. The van der Waals surface area contributed by atoms with Crippen LogP contribution in [0.1, 0.15) is 32.1 Å². The first-order valence-corrected chi connectivity index (χ1v) is 6.93. The number of Topliss-reactive ketones (excluding diaryl/α,β-unsaturated/α-hetero) is 1. The van der Waals surface area contributed by atoms with Crippen LogP contribution in [0.15, 0.2) is 30.3 Å². The Morgan fingerprint density at radius 3 is 2.72 bits per heavy atom. The molecule has 18 heavy (non-hydrogen) atoms. The van der Waals surface area contributed by atoms with Crippen LogP contribution in [0.2, 0.25) is 0 Å². The fourth-order valence-electron chi connectivity index (χ4n) is 2.34. The summed E-state index contributed by atoms with van der Waals surface area (Å²) in [5, 5.41) is 0. The topological polar surface area (TPSA) is 17.1 Å². The summed E-state index contributed by atoms with van der Waals surface area (Å²) >= 11 is 1.63. The van der Waals surface area contributed by atoms with Crippen molar-refractivity contribution < 1.29 is 9.18 Å². The fourth-order valence-corrected chi connectivity index (χ4v) is 3.53. The minimum Gasteiger partial charge on any atom is -0.293 e. The van der Waals surface area contributed by atoms with Crippen molar-refractivity contribution in [3.8, 4) is 0 Å². The van der Waals surface area contributed by atoms with Crippen LogP contribution in [0.5, 0.6) is 0 Å². The van der Waals surface area contributed by atoms with Gasteiger partial charge in [0.2, 0.25) is 0 Å². The molecule has 0 unspecified atom stereocenters. The van der Waals surface area contributed by atoms with Gasteiger partial charge in [0.15, 0.2) is 5.78 Å². The summed E-state index contributed by atoms with van der Waals surface area (Å²) in [7, 11) is 0. The molecule has 0 atom stereocenters. The predicted molar refractivity (Wildman–Crippen MR) is 70.8 cm³/mol. The molecule has 3 rings (SSSR count). The van der Waals surface area contributed by atoms with Gasteiger partial charge in [0.05, 0.1) is 4.88 Å². The number of rotatable bonds is 3. The van der Waals surface area contributed by atoms with Crippen molar-refractivity contribution in [1.82, 2.24) is 0 Å². The Morgan fingerprint density at radius 1 is 1.22 bits per heavy atom. The third-order valence-electron chi connectivity index (χ3n) is 3.30. The van der Waals surface area contributed by atoms with E-state index in [1.807, 2.05) is 6.07 Å². The molecule has 1 heterocycles. The summed E-state index contributed by atoms with van der Waals surface area (Å²) in [6.45, 7) is 0. The van der Waals surface area contributed by atoms with Gasteiger partial charge in [0.1, 0.15) is 5.82 Å². The van der Waals surface area contributed by atoms with E-state index in [9.17, 15) is 9.18 Å². The van der Waals surface area contributed by atoms with Crippen molar-refractivity contribution in [3.63, 3.8) is 0 Å². The highest BCUT2D eigenvalue weighted by Gasteiger charge is 2.18. The number of aryl methyl sites for hydroxylation is 2. The van der Waals surface area contributed by atoms with E-state index in [0.29, 0.717) is 6.42 Å². The Balaban J connectivity index is 1.76. The molecular formula is C15H13FOS. The fraction of sp³-hybridized carbons (Fsp3) is 0.267. The first-order chi connectivity index (χ1) is 8.72. The van der Waals surface area contributed by atoms with Crippen molar-refractivity contribution >= 4 is 17.1 Å². The van der Waals surface area contributed by atoms with E-state index in [0.717, 1.165) is 23.3 Å². The van der Waals surface area contributed by atoms with Gasteiger partial charge in [-0.05, 0) is 48.6 Å². The van der Waals surface area contributed by atoms with Crippen LogP contribution in [0.25, 0.3) is 0 Å². The molecule has 0 fully saturated rings. The smallest absolute Gasteiger partial charge is 0.177 e. The van der Waals surface area contributed by atoms with Crippen molar-refractivity contribution in [2.45, 2.75) is 25.7 Å². The quantitative estimate of drug-likeness (QED) is 0.767. The second-order valence-electron chi connectivity index (χ2n) is 4.64. The average Bonchev–Trinajstić information content (AvgIpc) is 2.92. The second-order valence-corrected chi connectivity index (χ2v) is 5.78. The zero-order valence-corrected chi connectivity index (χ0v) is 10.7. The molecule has 1 aromatic carbocycles. The Morgan fingerprint density at radius 2 is 2.00 bits per heavy atom. The van der Waals surface area contributed by atoms with Gasteiger partial charge in [-0.2, -0.15) is 0 Å². The molecule has 0 N–H and O–H groups in total. The molecule has 0 aliphatic heterocycles. The molecule has 0 radical (unpaired) electrons. The summed E-state index contributed by atoms with van der Waals surface area (Å²) < 4.78 is 12.8. The molecule has 1 aliphatic rings. The maximum Gasteiger partial charge on any atom is 0.177 e. The van der Waals surface area contributed by atoms with Crippen LogP contribution >= 0.6 is 11.3 Å². The third-order valence-corrected chi connectivity index (χ3v) is 4.58. The molecule has 0 saturated carbocycles. The van der Waals surface area contributed by atoms with Crippen LogP contribution in [-0.2, 0) is 19.3 Å². The van der Waals surface area contributed by atoms with Gasteiger partial charge >= 0.3 is 0 Å². The van der Waals surface area contributed by atoms with Gasteiger partial charge in [-0.3, -0.25) is 4.79 Å². The minimum atomic E-state index is -0.263. The first-order valence-electron chi connectivity index (χ1n) is 6.11. The van der Waals surface area contributed by atoms with Crippen LogP contribution in [-0.4, -0.2) is 5.78 Å². The maximum absolute atomic E-state index is 12.8. The highest BCUT2D eigenvalue weighted by Crippen LogP contribution is 2.31. The zero-order valence-electron chi connectivity index (χ0n) is 9.91. The molecule has 0 bridgehead atoms. The largest absolute Gasteiger partial charge is 0.293 e. The molecular weight excluding hydrogens is 247 g/mol. The number of hydrogen-bond donors (Lipinski definition) is 0. The van der Waals surface area contributed by atoms with Crippen molar-refractivity contribution in [1.29, 1.82) is 0 Å². The number of carbonyl (C=O) groups is 1. The lowest BCUT2D eigenvalue weighted by atomic mass is 10.1. The molecule has 92 valence electrons. The predicted octanol–water partition coefficient (Wildman–Crippen LogP) is 3.80. The zero-order chi connectivity index (χ0) is 12.5. The standard InChI is InChI=1S/C15H13FOS/c16-12-6-4-10(5-7-12)8-13(17)15-9-11-2-1-3-14(11)18-15/h4-7,9H,1-3,8H2. The maximum atomic E-state index is 12.8. The van der Waals surface area contributed by atoms with Gasteiger partial charge < -0.3 is 0 Å². The molecule has 1 aliphatic carbocycles. The number of carbonyl (C=O) groups excluding carboxylic acids is 1. The Bertz CT molecular complexity index is 562. The number of fused-ring (bicyclic) bond motifs is 1. The van der Waals surface area contributed by atoms with Crippen molar-refractivity contribution in [2.24, 2.45) is 0 Å². The summed E-state index contributed by atoms with van der Waals surface area (Å²) in [6, 6.07) is 8.19. The second kappa shape index (κ2) is 4.65. The number of halogens is 1. The van der Waals surface area contributed by atoms with E-state index in [1.165, 1.54) is 29.0 Å². The number of ketones is 1. The van der Waals surface area contributed by atoms with Gasteiger partial charge in [0.25, 0.3) is 0 Å². The number of thiophene rings is 1.